The van der Waals surface area contributed by atoms with Gasteiger partial charge in [0.2, 0.25) is 0 Å². The van der Waals surface area contributed by atoms with Gasteiger partial charge in [-0.15, -0.1) is 0 Å². The van der Waals surface area contributed by atoms with Crippen LogP contribution in [0.25, 0.3) is 22.3 Å². The highest BCUT2D eigenvalue weighted by Crippen LogP contribution is 2.29. The van der Waals surface area contributed by atoms with Crippen molar-refractivity contribution in [2.75, 3.05) is 0 Å². The van der Waals surface area contributed by atoms with Gasteiger partial charge in [-0.3, -0.25) is 4.79 Å². The van der Waals surface area contributed by atoms with Crippen LogP contribution in [0.1, 0.15) is 26.3 Å². The molecule has 0 spiro atoms. The molecular weight excluding hydrogens is 384 g/mol. The highest BCUT2D eigenvalue weighted by Gasteiger charge is 2.18. The predicted octanol–water partition coefficient (Wildman–Crippen LogP) is 4.69. The van der Waals surface area contributed by atoms with Crippen molar-refractivity contribution in [2.24, 2.45) is 0 Å². The quantitative estimate of drug-likeness (QED) is 0.395. The zero-order chi connectivity index (χ0) is 21.3. The van der Waals surface area contributed by atoms with Crippen LogP contribution in [-0.4, -0.2) is 17.0 Å². The molecule has 0 aliphatic rings. The summed E-state index contributed by atoms with van der Waals surface area (Å²) in [7, 11) is 0. The Balaban J connectivity index is 1.71. The smallest absolute Gasteiger partial charge is 0.343 e. The standard InChI is InChI=1S/C24H16O6/c1-14-20(25)18-8-5-9-19(23(26)27)22(18)30-21(14)15-10-12-17(13-11-15)29-24(28)16-6-3-2-4-7-16/h2-13H,1H3,(H,26,27). The van der Waals surface area contributed by atoms with E-state index in [1.54, 1.807) is 61.5 Å². The molecule has 1 aromatic heterocycles. The Morgan fingerprint density at radius 3 is 2.27 bits per heavy atom. The molecule has 0 amide bonds. The van der Waals surface area contributed by atoms with Crippen LogP contribution in [-0.2, 0) is 0 Å². The number of rotatable bonds is 4. The molecule has 4 rings (SSSR count). The highest BCUT2D eigenvalue weighted by atomic mass is 16.5. The molecule has 1 heterocycles. The van der Waals surface area contributed by atoms with Crippen LogP contribution < -0.4 is 10.2 Å². The zero-order valence-electron chi connectivity index (χ0n) is 15.9. The second kappa shape index (κ2) is 7.67. The molecule has 4 aromatic rings. The number of para-hydroxylation sites is 1. The lowest BCUT2D eigenvalue weighted by atomic mass is 10.0. The number of aromatic carboxylic acids is 1. The van der Waals surface area contributed by atoms with Gasteiger partial charge in [0.25, 0.3) is 0 Å². The molecule has 3 aromatic carbocycles. The fourth-order valence-corrected chi connectivity index (χ4v) is 3.17. The summed E-state index contributed by atoms with van der Waals surface area (Å²) in [4.78, 5) is 36.4. The molecule has 0 unspecified atom stereocenters. The van der Waals surface area contributed by atoms with Gasteiger partial charge in [0.15, 0.2) is 11.0 Å². The first-order valence-electron chi connectivity index (χ1n) is 9.13. The first kappa shape index (κ1) is 19.1. The number of hydrogen-bond acceptors (Lipinski definition) is 5. The number of hydrogen-bond donors (Lipinski definition) is 1. The molecule has 6 nitrogen and oxygen atoms in total. The van der Waals surface area contributed by atoms with E-state index in [9.17, 15) is 19.5 Å². The maximum absolute atomic E-state index is 12.7. The average molecular weight is 400 g/mol. The van der Waals surface area contributed by atoms with Crippen LogP contribution in [0.15, 0.2) is 82.0 Å². The van der Waals surface area contributed by atoms with Crippen molar-refractivity contribution in [2.45, 2.75) is 6.92 Å². The van der Waals surface area contributed by atoms with Crippen molar-refractivity contribution < 1.29 is 23.8 Å². The average Bonchev–Trinajstić information content (AvgIpc) is 2.77. The maximum atomic E-state index is 12.7. The highest BCUT2D eigenvalue weighted by molar-refractivity contribution is 6.01. The minimum absolute atomic E-state index is 0.0233. The number of fused-ring (bicyclic) bond motifs is 1. The molecule has 0 saturated heterocycles. The van der Waals surface area contributed by atoms with E-state index in [2.05, 4.69) is 0 Å². The van der Waals surface area contributed by atoms with E-state index in [0.717, 1.165) is 0 Å². The van der Waals surface area contributed by atoms with Crippen molar-refractivity contribution >= 4 is 22.9 Å². The third-order valence-corrected chi connectivity index (χ3v) is 4.71. The van der Waals surface area contributed by atoms with E-state index in [0.29, 0.717) is 22.4 Å². The van der Waals surface area contributed by atoms with Crippen molar-refractivity contribution in [1.29, 1.82) is 0 Å². The number of carbonyl (C=O) groups is 2. The van der Waals surface area contributed by atoms with E-state index in [1.807, 2.05) is 0 Å². The molecule has 0 radical (unpaired) electrons. The van der Waals surface area contributed by atoms with E-state index in [-0.39, 0.29) is 27.7 Å². The summed E-state index contributed by atoms with van der Waals surface area (Å²) in [5, 5.41) is 9.62. The second-order valence-corrected chi connectivity index (χ2v) is 6.65. The first-order chi connectivity index (χ1) is 14.5. The van der Waals surface area contributed by atoms with Gasteiger partial charge >= 0.3 is 11.9 Å². The Hall–Kier alpha value is -4.19. The number of esters is 1. The SMILES string of the molecule is Cc1c(-c2ccc(OC(=O)c3ccccc3)cc2)oc2c(C(=O)O)cccc2c1=O. The second-order valence-electron chi connectivity index (χ2n) is 6.65. The monoisotopic (exact) mass is 400 g/mol. The van der Waals surface area contributed by atoms with Gasteiger partial charge in [0, 0.05) is 11.1 Å². The Labute approximate surface area is 171 Å². The van der Waals surface area contributed by atoms with Crippen molar-refractivity contribution in [1.82, 2.24) is 0 Å². The van der Waals surface area contributed by atoms with E-state index >= 15 is 0 Å². The van der Waals surface area contributed by atoms with Gasteiger partial charge in [-0.1, -0.05) is 24.3 Å². The third-order valence-electron chi connectivity index (χ3n) is 4.71. The summed E-state index contributed by atoms with van der Waals surface area (Å²) in [5.41, 5.74) is 0.993. The van der Waals surface area contributed by atoms with Crippen LogP contribution in [0.3, 0.4) is 0 Å². The molecule has 0 atom stereocenters. The van der Waals surface area contributed by atoms with Gasteiger partial charge in [0.1, 0.15) is 17.1 Å². The normalized spacial score (nSPS) is 10.7. The minimum atomic E-state index is -1.18. The summed E-state index contributed by atoms with van der Waals surface area (Å²) in [6.07, 6.45) is 0. The lowest BCUT2D eigenvalue weighted by Gasteiger charge is -2.10. The van der Waals surface area contributed by atoms with E-state index in [4.69, 9.17) is 9.15 Å². The third kappa shape index (κ3) is 3.46. The minimum Gasteiger partial charge on any atom is -0.478 e. The topological polar surface area (TPSA) is 93.8 Å². The Bertz CT molecular complexity index is 1320. The number of carbonyl (C=O) groups excluding carboxylic acids is 1. The number of benzene rings is 3. The first-order valence-corrected chi connectivity index (χ1v) is 9.13. The van der Waals surface area contributed by atoms with Crippen LogP contribution >= 0.6 is 0 Å². The van der Waals surface area contributed by atoms with Crippen molar-refractivity contribution in [3.05, 3.63) is 99.7 Å². The largest absolute Gasteiger partial charge is 0.478 e. The van der Waals surface area contributed by atoms with Crippen LogP contribution in [0.2, 0.25) is 0 Å². The summed E-state index contributed by atoms with van der Waals surface area (Å²) in [5.74, 6) is -1.06. The summed E-state index contributed by atoms with van der Waals surface area (Å²) in [6.45, 7) is 1.62. The number of carboxylic acids is 1. The summed E-state index contributed by atoms with van der Waals surface area (Å²) >= 11 is 0. The van der Waals surface area contributed by atoms with Crippen molar-refractivity contribution in [3.8, 4) is 17.1 Å². The molecule has 0 aliphatic carbocycles. The maximum Gasteiger partial charge on any atom is 0.343 e. The number of carboxylic acid groups (broad SMARTS) is 1. The van der Waals surface area contributed by atoms with Gasteiger partial charge in [0.05, 0.1) is 10.9 Å². The Kier molecular flexibility index (Phi) is 4.90. The predicted molar refractivity (Wildman–Crippen MR) is 111 cm³/mol. The fraction of sp³-hybridized carbons (Fsp3) is 0.0417. The molecular formula is C24H16O6. The molecule has 0 fully saturated rings. The molecule has 30 heavy (non-hydrogen) atoms. The molecule has 1 N–H and O–H groups in total. The Morgan fingerprint density at radius 1 is 0.900 bits per heavy atom. The lowest BCUT2D eigenvalue weighted by molar-refractivity contribution is 0.0695. The number of ether oxygens (including phenoxy) is 1. The molecule has 0 saturated carbocycles. The molecule has 0 bridgehead atoms. The van der Waals surface area contributed by atoms with Crippen LogP contribution in [0, 0.1) is 6.92 Å². The summed E-state index contributed by atoms with van der Waals surface area (Å²) in [6, 6.07) is 19.5. The van der Waals surface area contributed by atoms with Gasteiger partial charge in [-0.05, 0) is 55.5 Å². The lowest BCUT2D eigenvalue weighted by Crippen LogP contribution is -2.10. The van der Waals surface area contributed by atoms with Crippen LogP contribution in [0.4, 0.5) is 0 Å². The zero-order valence-corrected chi connectivity index (χ0v) is 15.9. The molecule has 0 aliphatic heterocycles. The van der Waals surface area contributed by atoms with Gasteiger partial charge in [-0.25, -0.2) is 9.59 Å². The molecule has 148 valence electrons. The molecule has 6 heteroatoms. The summed E-state index contributed by atoms with van der Waals surface area (Å²) < 4.78 is 11.2. The van der Waals surface area contributed by atoms with Gasteiger partial charge < -0.3 is 14.3 Å². The van der Waals surface area contributed by atoms with Crippen LogP contribution in [0.5, 0.6) is 5.75 Å². The fourth-order valence-electron chi connectivity index (χ4n) is 3.17. The van der Waals surface area contributed by atoms with E-state index < -0.39 is 11.9 Å². The Morgan fingerprint density at radius 2 is 1.60 bits per heavy atom. The van der Waals surface area contributed by atoms with Gasteiger partial charge in [-0.2, -0.15) is 0 Å². The van der Waals surface area contributed by atoms with Crippen molar-refractivity contribution in [3.63, 3.8) is 0 Å². The van der Waals surface area contributed by atoms with E-state index in [1.165, 1.54) is 18.2 Å².